The summed E-state index contributed by atoms with van der Waals surface area (Å²) in [7, 11) is 0. The van der Waals surface area contributed by atoms with E-state index < -0.39 is 0 Å². The van der Waals surface area contributed by atoms with Gasteiger partial charge in [0, 0.05) is 5.56 Å². The first-order valence-electron chi connectivity index (χ1n) is 7.09. The van der Waals surface area contributed by atoms with Gasteiger partial charge in [-0.15, -0.1) is 10.2 Å². The van der Waals surface area contributed by atoms with Crippen molar-refractivity contribution in [2.45, 2.75) is 11.6 Å². The minimum atomic E-state index is -0.0821. The number of nitrogens with zero attached hydrogens (tertiary/aromatic N) is 2. The Morgan fingerprint density at radius 2 is 1.83 bits per heavy atom. The Labute approximate surface area is 153 Å². The summed E-state index contributed by atoms with van der Waals surface area (Å²) in [5.41, 5.74) is 1.59. The topological polar surface area (TPSA) is 56.0 Å². The molecule has 0 saturated heterocycles. The molecule has 0 fully saturated rings. The van der Waals surface area contributed by atoms with Crippen molar-refractivity contribution < 1.29 is 9.21 Å². The molecule has 0 bridgehead atoms. The monoisotopic (exact) mass is 378 g/mol. The van der Waals surface area contributed by atoms with Crippen LogP contribution in [0.1, 0.15) is 21.8 Å². The molecule has 0 unspecified atom stereocenters. The third-order valence-corrected chi connectivity index (χ3v) is 4.77. The summed E-state index contributed by atoms with van der Waals surface area (Å²) in [5.74, 6) is 0.623. The number of ketones is 1. The van der Waals surface area contributed by atoms with Gasteiger partial charge in [-0.05, 0) is 23.8 Å². The molecule has 24 heavy (non-hydrogen) atoms. The van der Waals surface area contributed by atoms with Crippen LogP contribution in [0.15, 0.2) is 58.2 Å². The molecule has 1 heterocycles. The number of halogens is 2. The van der Waals surface area contributed by atoms with Crippen molar-refractivity contribution in [3.63, 3.8) is 0 Å². The van der Waals surface area contributed by atoms with Gasteiger partial charge in [-0.2, -0.15) is 0 Å². The predicted molar refractivity (Wildman–Crippen MR) is 95.1 cm³/mol. The van der Waals surface area contributed by atoms with E-state index in [4.69, 9.17) is 27.6 Å². The largest absolute Gasteiger partial charge is 0.416 e. The van der Waals surface area contributed by atoms with E-state index in [1.165, 1.54) is 11.8 Å². The smallest absolute Gasteiger partial charge is 0.277 e. The Kier molecular flexibility index (Phi) is 5.56. The van der Waals surface area contributed by atoms with Gasteiger partial charge in [0.05, 0.1) is 22.2 Å². The van der Waals surface area contributed by atoms with Crippen LogP contribution in [-0.2, 0) is 6.42 Å². The highest BCUT2D eigenvalue weighted by Gasteiger charge is 2.12. The van der Waals surface area contributed by atoms with E-state index in [1.54, 1.807) is 18.2 Å². The quantitative estimate of drug-likeness (QED) is 0.448. The summed E-state index contributed by atoms with van der Waals surface area (Å²) in [6, 6.07) is 14.6. The number of hydrogen-bond donors (Lipinski definition) is 0. The van der Waals surface area contributed by atoms with Crippen molar-refractivity contribution in [2.75, 3.05) is 5.75 Å². The molecule has 0 N–H and O–H groups in total. The van der Waals surface area contributed by atoms with Crippen LogP contribution in [0.5, 0.6) is 0 Å². The molecular weight excluding hydrogens is 367 g/mol. The summed E-state index contributed by atoms with van der Waals surface area (Å²) < 4.78 is 5.56. The van der Waals surface area contributed by atoms with E-state index in [2.05, 4.69) is 10.2 Å². The van der Waals surface area contributed by atoms with E-state index in [-0.39, 0.29) is 11.5 Å². The first-order valence-corrected chi connectivity index (χ1v) is 8.83. The van der Waals surface area contributed by atoms with Crippen LogP contribution in [0.2, 0.25) is 10.0 Å². The van der Waals surface area contributed by atoms with Crippen LogP contribution in [0.3, 0.4) is 0 Å². The molecule has 3 aromatic rings. The van der Waals surface area contributed by atoms with Gasteiger partial charge in [-0.25, -0.2) is 0 Å². The van der Waals surface area contributed by atoms with Gasteiger partial charge >= 0.3 is 0 Å². The van der Waals surface area contributed by atoms with Crippen LogP contribution < -0.4 is 0 Å². The zero-order chi connectivity index (χ0) is 16.9. The second-order valence-corrected chi connectivity index (χ2v) is 6.71. The molecule has 7 heteroatoms. The van der Waals surface area contributed by atoms with Crippen LogP contribution in [0.4, 0.5) is 0 Å². The number of carbonyl (C=O) groups is 1. The summed E-state index contributed by atoms with van der Waals surface area (Å²) >= 11 is 13.0. The van der Waals surface area contributed by atoms with Crippen LogP contribution in [0, 0.1) is 0 Å². The molecule has 0 saturated carbocycles. The second-order valence-electron chi connectivity index (χ2n) is 4.96. The lowest BCUT2D eigenvalue weighted by Gasteiger charge is -2.01. The van der Waals surface area contributed by atoms with Gasteiger partial charge in [0.1, 0.15) is 0 Å². The zero-order valence-corrected chi connectivity index (χ0v) is 14.7. The van der Waals surface area contributed by atoms with E-state index >= 15 is 0 Å². The molecule has 122 valence electrons. The standard InChI is InChI=1S/C17H12Cl2N2O2S/c18-13-7-6-12(9-14(13)19)15(22)10-24-17-21-20-16(23-17)8-11-4-2-1-3-5-11/h1-7,9H,8,10H2. The minimum Gasteiger partial charge on any atom is -0.416 e. The second kappa shape index (κ2) is 7.83. The van der Waals surface area contributed by atoms with Crippen molar-refractivity contribution in [1.82, 2.24) is 10.2 Å². The summed E-state index contributed by atoms with van der Waals surface area (Å²) in [6.45, 7) is 0. The summed E-state index contributed by atoms with van der Waals surface area (Å²) in [6.07, 6.45) is 0.565. The molecule has 2 aromatic carbocycles. The van der Waals surface area contributed by atoms with Crippen molar-refractivity contribution in [2.24, 2.45) is 0 Å². The lowest BCUT2D eigenvalue weighted by molar-refractivity contribution is 0.102. The molecule has 0 amide bonds. The van der Waals surface area contributed by atoms with Crippen LogP contribution in [0.25, 0.3) is 0 Å². The molecule has 0 aliphatic heterocycles. The Bertz CT molecular complexity index is 853. The third-order valence-electron chi connectivity index (χ3n) is 3.21. The van der Waals surface area contributed by atoms with Gasteiger partial charge in [-0.1, -0.05) is 65.3 Å². The highest BCUT2D eigenvalue weighted by Crippen LogP contribution is 2.24. The van der Waals surface area contributed by atoms with Gasteiger partial charge in [0.2, 0.25) is 5.89 Å². The number of benzene rings is 2. The van der Waals surface area contributed by atoms with Crippen molar-refractivity contribution >= 4 is 40.7 Å². The average Bonchev–Trinajstić information content (AvgIpc) is 3.03. The van der Waals surface area contributed by atoms with Crippen molar-refractivity contribution in [3.8, 4) is 0 Å². The maximum Gasteiger partial charge on any atom is 0.277 e. The minimum absolute atomic E-state index is 0.0821. The fourth-order valence-corrected chi connectivity index (χ4v) is 2.99. The van der Waals surface area contributed by atoms with Crippen molar-refractivity contribution in [3.05, 3.63) is 75.6 Å². The van der Waals surface area contributed by atoms with Crippen LogP contribution >= 0.6 is 35.0 Å². The highest BCUT2D eigenvalue weighted by molar-refractivity contribution is 7.99. The third kappa shape index (κ3) is 4.38. The lowest BCUT2D eigenvalue weighted by atomic mass is 10.1. The molecule has 0 atom stereocenters. The maximum atomic E-state index is 12.2. The van der Waals surface area contributed by atoms with Gasteiger partial charge in [0.25, 0.3) is 5.22 Å². The SMILES string of the molecule is O=C(CSc1nnc(Cc2ccccc2)o1)c1ccc(Cl)c(Cl)c1. The molecule has 0 radical (unpaired) electrons. The van der Waals surface area contributed by atoms with E-state index in [1.807, 2.05) is 30.3 Å². The van der Waals surface area contributed by atoms with E-state index in [9.17, 15) is 4.79 Å². The number of rotatable bonds is 6. The van der Waals surface area contributed by atoms with Gasteiger partial charge < -0.3 is 4.42 Å². The van der Waals surface area contributed by atoms with Gasteiger partial charge in [-0.3, -0.25) is 4.79 Å². The molecule has 3 rings (SSSR count). The maximum absolute atomic E-state index is 12.2. The Morgan fingerprint density at radius 1 is 1.04 bits per heavy atom. The fraction of sp³-hybridized carbons (Fsp3) is 0.118. The molecule has 1 aromatic heterocycles. The highest BCUT2D eigenvalue weighted by atomic mass is 35.5. The lowest BCUT2D eigenvalue weighted by Crippen LogP contribution is -2.02. The average molecular weight is 379 g/mol. The number of aromatic nitrogens is 2. The number of carbonyl (C=O) groups excluding carboxylic acids is 1. The summed E-state index contributed by atoms with van der Waals surface area (Å²) in [5, 5.41) is 9.10. The predicted octanol–water partition coefficient (Wildman–Crippen LogP) is 4.94. The zero-order valence-electron chi connectivity index (χ0n) is 12.4. The number of hydrogen-bond acceptors (Lipinski definition) is 5. The normalized spacial score (nSPS) is 10.8. The molecule has 0 aliphatic carbocycles. The van der Waals surface area contributed by atoms with Crippen molar-refractivity contribution in [1.29, 1.82) is 0 Å². The molecule has 0 aliphatic rings. The fourth-order valence-electron chi connectivity index (χ4n) is 2.02. The number of thioether (sulfide) groups is 1. The Morgan fingerprint density at radius 3 is 2.58 bits per heavy atom. The first kappa shape index (κ1) is 17.0. The molecule has 0 spiro atoms. The van der Waals surface area contributed by atoms with E-state index in [0.717, 1.165) is 5.56 Å². The van der Waals surface area contributed by atoms with Crippen LogP contribution in [-0.4, -0.2) is 21.7 Å². The van der Waals surface area contributed by atoms with E-state index in [0.29, 0.717) is 33.1 Å². The molecule has 4 nitrogen and oxygen atoms in total. The summed E-state index contributed by atoms with van der Waals surface area (Å²) in [4.78, 5) is 12.2. The van der Waals surface area contributed by atoms with Gasteiger partial charge in [0.15, 0.2) is 5.78 Å². The Hall–Kier alpha value is -1.82. The number of Topliss-reactive ketones (excluding diaryl/α,β-unsaturated/α-hetero) is 1. The molecular formula is C17H12Cl2N2O2S. The first-order chi connectivity index (χ1) is 11.6. The Balaban J connectivity index is 1.59.